The number of halogens is 2. The Labute approximate surface area is 164 Å². The van der Waals surface area contributed by atoms with Crippen molar-refractivity contribution >= 4 is 10.0 Å². The molecule has 3 saturated heterocycles. The van der Waals surface area contributed by atoms with Gasteiger partial charge in [-0.25, -0.2) is 17.2 Å². The smallest absolute Gasteiger partial charge is 0.243 e. The van der Waals surface area contributed by atoms with Crippen LogP contribution in [0.5, 0.6) is 0 Å². The Kier molecular flexibility index (Phi) is 5.72. The van der Waals surface area contributed by atoms with E-state index in [1.807, 2.05) is 0 Å². The molecular formula is C19H26F2N2O4S. The molecule has 1 spiro atoms. The molecule has 156 valence electrons. The van der Waals surface area contributed by atoms with Gasteiger partial charge in [-0.05, 0) is 25.0 Å². The van der Waals surface area contributed by atoms with Crippen molar-refractivity contribution in [3.05, 3.63) is 29.8 Å². The molecule has 1 aromatic rings. The Balaban J connectivity index is 1.36. The first-order chi connectivity index (χ1) is 13.4. The average molecular weight is 416 g/mol. The van der Waals surface area contributed by atoms with Gasteiger partial charge in [0.2, 0.25) is 10.0 Å². The fourth-order valence-electron chi connectivity index (χ4n) is 4.25. The summed E-state index contributed by atoms with van der Waals surface area (Å²) in [7, 11) is -3.96. The zero-order chi connectivity index (χ0) is 19.8. The molecule has 1 atom stereocenters. The van der Waals surface area contributed by atoms with Crippen molar-refractivity contribution < 1.29 is 26.7 Å². The van der Waals surface area contributed by atoms with E-state index in [2.05, 4.69) is 4.90 Å². The Morgan fingerprint density at radius 2 is 1.71 bits per heavy atom. The summed E-state index contributed by atoms with van der Waals surface area (Å²) in [6, 6.07) is 2.74. The van der Waals surface area contributed by atoms with E-state index in [-0.39, 0.29) is 18.0 Å². The highest BCUT2D eigenvalue weighted by atomic mass is 32.2. The van der Waals surface area contributed by atoms with E-state index in [0.29, 0.717) is 37.1 Å². The lowest BCUT2D eigenvalue weighted by atomic mass is 9.77. The standard InChI is InChI=1S/C19H26F2N2O4S/c20-15-7-16(21)9-18(8-15)28(24,25)23-4-2-1-3-17(10-26-6-5-23)22-11-19(12-22)13-27-14-19/h7-9,17H,1-6,10-14H2/t17-/m1/s1. The van der Waals surface area contributed by atoms with E-state index in [9.17, 15) is 17.2 Å². The zero-order valence-corrected chi connectivity index (χ0v) is 16.6. The van der Waals surface area contributed by atoms with Crippen molar-refractivity contribution in [2.24, 2.45) is 5.41 Å². The molecule has 4 rings (SSSR count). The molecule has 28 heavy (non-hydrogen) atoms. The van der Waals surface area contributed by atoms with Gasteiger partial charge in [-0.1, -0.05) is 6.42 Å². The fraction of sp³-hybridized carbons (Fsp3) is 0.684. The third kappa shape index (κ3) is 4.09. The average Bonchev–Trinajstić information content (AvgIpc) is 2.56. The first kappa shape index (κ1) is 20.2. The van der Waals surface area contributed by atoms with Gasteiger partial charge in [-0.3, -0.25) is 4.90 Å². The maximum atomic E-state index is 13.5. The van der Waals surface area contributed by atoms with Crippen LogP contribution in [0, 0.1) is 17.0 Å². The van der Waals surface area contributed by atoms with E-state index in [1.165, 1.54) is 4.31 Å². The van der Waals surface area contributed by atoms with Gasteiger partial charge in [0.1, 0.15) is 11.6 Å². The Hall–Kier alpha value is -1.13. The van der Waals surface area contributed by atoms with Gasteiger partial charge in [0.15, 0.2) is 0 Å². The highest BCUT2D eigenvalue weighted by Crippen LogP contribution is 2.39. The van der Waals surface area contributed by atoms with E-state index in [0.717, 1.165) is 51.3 Å². The second-order valence-corrected chi connectivity index (χ2v) is 10.1. The van der Waals surface area contributed by atoms with Gasteiger partial charge in [0.05, 0.1) is 31.3 Å². The summed E-state index contributed by atoms with van der Waals surface area (Å²) in [6.07, 6.45) is 2.52. The normalized spacial score (nSPS) is 27.1. The lowest BCUT2D eigenvalue weighted by molar-refractivity contribution is -0.202. The molecule has 6 nitrogen and oxygen atoms in total. The molecule has 0 radical (unpaired) electrons. The number of hydrogen-bond donors (Lipinski definition) is 0. The van der Waals surface area contributed by atoms with Crippen LogP contribution in [0.3, 0.4) is 0 Å². The van der Waals surface area contributed by atoms with E-state index >= 15 is 0 Å². The maximum absolute atomic E-state index is 13.5. The van der Waals surface area contributed by atoms with Crippen LogP contribution in [0.2, 0.25) is 0 Å². The van der Waals surface area contributed by atoms with Crippen LogP contribution in [0.15, 0.2) is 23.1 Å². The summed E-state index contributed by atoms with van der Waals surface area (Å²) in [5, 5.41) is 0. The van der Waals surface area contributed by atoms with Crippen molar-refractivity contribution in [1.82, 2.24) is 9.21 Å². The lowest BCUT2D eigenvalue weighted by Gasteiger charge is -2.57. The second-order valence-electron chi connectivity index (χ2n) is 8.13. The Morgan fingerprint density at radius 3 is 2.36 bits per heavy atom. The molecule has 0 bridgehead atoms. The van der Waals surface area contributed by atoms with Gasteiger partial charge < -0.3 is 9.47 Å². The Bertz CT molecular complexity index is 776. The monoisotopic (exact) mass is 416 g/mol. The van der Waals surface area contributed by atoms with Gasteiger partial charge >= 0.3 is 0 Å². The van der Waals surface area contributed by atoms with Crippen LogP contribution in [0.4, 0.5) is 8.78 Å². The van der Waals surface area contributed by atoms with E-state index in [1.54, 1.807) is 0 Å². The third-order valence-electron chi connectivity index (χ3n) is 5.87. The van der Waals surface area contributed by atoms with Gasteiger partial charge in [0, 0.05) is 43.7 Å². The number of ether oxygens (including phenoxy) is 2. The predicted octanol–water partition coefficient (Wildman–Crippen LogP) is 1.86. The molecule has 0 saturated carbocycles. The highest BCUT2D eigenvalue weighted by molar-refractivity contribution is 7.89. The maximum Gasteiger partial charge on any atom is 0.243 e. The highest BCUT2D eigenvalue weighted by Gasteiger charge is 2.50. The molecule has 3 heterocycles. The summed E-state index contributed by atoms with van der Waals surface area (Å²) in [6.45, 7) is 5.11. The summed E-state index contributed by atoms with van der Waals surface area (Å²) < 4.78 is 64.9. The first-order valence-corrected chi connectivity index (χ1v) is 11.2. The van der Waals surface area contributed by atoms with Gasteiger partial charge in [0.25, 0.3) is 0 Å². The minimum Gasteiger partial charge on any atom is -0.380 e. The Morgan fingerprint density at radius 1 is 1.00 bits per heavy atom. The molecule has 1 aromatic carbocycles. The van der Waals surface area contributed by atoms with Gasteiger partial charge in [-0.15, -0.1) is 0 Å². The number of rotatable bonds is 3. The van der Waals surface area contributed by atoms with Crippen molar-refractivity contribution in [3.63, 3.8) is 0 Å². The predicted molar refractivity (Wildman–Crippen MR) is 98.4 cm³/mol. The molecule has 3 aliphatic heterocycles. The quantitative estimate of drug-likeness (QED) is 0.753. The van der Waals surface area contributed by atoms with Crippen LogP contribution in [0.1, 0.15) is 19.3 Å². The summed E-state index contributed by atoms with van der Waals surface area (Å²) in [4.78, 5) is 2.09. The molecule has 0 aliphatic carbocycles. The number of benzene rings is 1. The summed E-state index contributed by atoms with van der Waals surface area (Å²) in [5.41, 5.74) is 0.362. The number of sulfonamides is 1. The number of likely N-dealkylation sites (tertiary alicyclic amines) is 1. The zero-order valence-electron chi connectivity index (χ0n) is 15.8. The van der Waals surface area contributed by atoms with E-state index < -0.39 is 21.7 Å². The van der Waals surface area contributed by atoms with Crippen LogP contribution in [-0.2, 0) is 19.5 Å². The van der Waals surface area contributed by atoms with Crippen molar-refractivity contribution in [3.8, 4) is 0 Å². The van der Waals surface area contributed by atoms with Crippen LogP contribution in [0.25, 0.3) is 0 Å². The van der Waals surface area contributed by atoms with E-state index in [4.69, 9.17) is 9.47 Å². The first-order valence-electron chi connectivity index (χ1n) is 9.74. The minimum atomic E-state index is -3.96. The molecule has 9 heteroatoms. The molecule has 0 aromatic heterocycles. The minimum absolute atomic E-state index is 0.172. The molecule has 3 aliphatic rings. The van der Waals surface area contributed by atoms with Crippen molar-refractivity contribution in [1.29, 1.82) is 0 Å². The lowest BCUT2D eigenvalue weighted by Crippen LogP contribution is -2.68. The SMILES string of the molecule is O=S(=O)(c1cc(F)cc(F)c1)N1CCCC[C@@H](N2CC3(COC3)C2)COCC1. The van der Waals surface area contributed by atoms with Crippen molar-refractivity contribution in [2.45, 2.75) is 30.2 Å². The summed E-state index contributed by atoms with van der Waals surface area (Å²) in [5.74, 6) is -1.80. The topological polar surface area (TPSA) is 59.1 Å². The number of nitrogens with zero attached hydrogens (tertiary/aromatic N) is 2. The molecule has 3 fully saturated rings. The fourth-order valence-corrected chi connectivity index (χ4v) is 5.76. The van der Waals surface area contributed by atoms with Crippen molar-refractivity contribution in [2.75, 3.05) is 52.6 Å². The molecule has 0 unspecified atom stereocenters. The third-order valence-corrected chi connectivity index (χ3v) is 7.75. The molecule has 0 amide bonds. The second kappa shape index (κ2) is 7.95. The molecular weight excluding hydrogens is 390 g/mol. The van der Waals surface area contributed by atoms with Crippen LogP contribution < -0.4 is 0 Å². The molecule has 0 N–H and O–H groups in total. The largest absolute Gasteiger partial charge is 0.380 e. The van der Waals surface area contributed by atoms with Gasteiger partial charge in [-0.2, -0.15) is 4.31 Å². The van der Waals surface area contributed by atoms with Crippen LogP contribution in [-0.4, -0.2) is 76.3 Å². The van der Waals surface area contributed by atoms with Crippen LogP contribution >= 0.6 is 0 Å². The summed E-state index contributed by atoms with van der Waals surface area (Å²) >= 11 is 0. The number of hydrogen-bond acceptors (Lipinski definition) is 5.